The third-order valence-corrected chi connectivity index (χ3v) is 3.20. The minimum absolute atomic E-state index is 0.0600. The van der Waals surface area contributed by atoms with Gasteiger partial charge >= 0.3 is 6.09 Å². The molecule has 0 unspecified atom stereocenters. The molecule has 0 spiro atoms. The van der Waals surface area contributed by atoms with Crippen LogP contribution in [0.4, 0.5) is 16.2 Å². The molecule has 1 aromatic carbocycles. The predicted octanol–water partition coefficient (Wildman–Crippen LogP) is 3.28. The third kappa shape index (κ3) is 3.46. The van der Waals surface area contributed by atoms with Gasteiger partial charge in [0.2, 0.25) is 6.79 Å². The van der Waals surface area contributed by atoms with Gasteiger partial charge in [-0.15, -0.1) is 0 Å². The van der Waals surface area contributed by atoms with Crippen molar-refractivity contribution in [3.8, 4) is 11.5 Å². The van der Waals surface area contributed by atoms with Crippen LogP contribution in [0.15, 0.2) is 6.07 Å². The van der Waals surface area contributed by atoms with E-state index >= 15 is 0 Å². The Balaban J connectivity index is 2.40. The fourth-order valence-electron chi connectivity index (χ4n) is 1.69. The number of nitrogens with zero attached hydrogens (tertiary/aromatic N) is 1. The number of anilines is 1. The van der Waals surface area contributed by atoms with Crippen molar-refractivity contribution in [2.45, 2.75) is 26.4 Å². The van der Waals surface area contributed by atoms with Crippen LogP contribution >= 0.6 is 22.6 Å². The number of benzene rings is 1. The third-order valence-electron chi connectivity index (χ3n) is 2.40. The van der Waals surface area contributed by atoms with Crippen LogP contribution in [0.1, 0.15) is 20.8 Å². The molecule has 0 saturated carbocycles. The highest BCUT2D eigenvalue weighted by Gasteiger charge is 2.31. The van der Waals surface area contributed by atoms with Crippen molar-refractivity contribution >= 4 is 40.1 Å². The van der Waals surface area contributed by atoms with Crippen LogP contribution in [0.3, 0.4) is 0 Å². The van der Waals surface area contributed by atoms with Crippen LogP contribution in [0.5, 0.6) is 11.5 Å². The number of nitro groups is 1. The average molecular weight is 408 g/mol. The summed E-state index contributed by atoms with van der Waals surface area (Å²) < 4.78 is 16.1. The number of hydrogen-bond donors (Lipinski definition) is 1. The van der Waals surface area contributed by atoms with Gasteiger partial charge in [0.1, 0.15) is 5.60 Å². The fourth-order valence-corrected chi connectivity index (χ4v) is 2.38. The molecule has 0 fully saturated rings. The van der Waals surface area contributed by atoms with E-state index in [0.717, 1.165) is 0 Å². The number of nitrogens with one attached hydrogen (secondary N) is 1. The summed E-state index contributed by atoms with van der Waals surface area (Å²) in [6, 6.07) is 1.31. The van der Waals surface area contributed by atoms with E-state index in [1.807, 2.05) is 22.6 Å². The summed E-state index contributed by atoms with van der Waals surface area (Å²) in [7, 11) is 0. The van der Waals surface area contributed by atoms with E-state index in [1.165, 1.54) is 6.07 Å². The number of rotatable bonds is 2. The summed E-state index contributed by atoms with van der Waals surface area (Å²) in [5.41, 5.74) is -1.07. The summed E-state index contributed by atoms with van der Waals surface area (Å²) in [4.78, 5) is 22.4. The molecule has 9 heteroatoms. The number of halogens is 1. The lowest BCUT2D eigenvalue weighted by Crippen LogP contribution is -2.27. The predicted molar refractivity (Wildman–Crippen MR) is 81.8 cm³/mol. The Morgan fingerprint density at radius 3 is 2.62 bits per heavy atom. The van der Waals surface area contributed by atoms with E-state index in [1.54, 1.807) is 20.8 Å². The van der Waals surface area contributed by atoms with Gasteiger partial charge in [0.15, 0.2) is 17.2 Å². The molecule has 0 aromatic heterocycles. The first-order valence-corrected chi connectivity index (χ1v) is 7.03. The maximum atomic E-state index is 11.8. The van der Waals surface area contributed by atoms with E-state index < -0.39 is 16.6 Å². The summed E-state index contributed by atoms with van der Waals surface area (Å²) in [6.45, 7) is 5.02. The quantitative estimate of drug-likeness (QED) is 0.458. The van der Waals surface area contributed by atoms with E-state index in [9.17, 15) is 14.9 Å². The highest BCUT2D eigenvalue weighted by atomic mass is 127. The molecule has 0 bridgehead atoms. The van der Waals surface area contributed by atoms with Gasteiger partial charge in [-0.1, -0.05) is 0 Å². The fraction of sp³-hybridized carbons (Fsp3) is 0.417. The lowest BCUT2D eigenvalue weighted by Gasteiger charge is -2.20. The zero-order valence-electron chi connectivity index (χ0n) is 11.6. The Kier molecular flexibility index (Phi) is 4.12. The second-order valence-corrected chi connectivity index (χ2v) is 6.36. The molecule has 1 aliphatic heterocycles. The van der Waals surface area contributed by atoms with Crippen LogP contribution in [0.2, 0.25) is 0 Å². The van der Waals surface area contributed by atoms with Gasteiger partial charge in [0.05, 0.1) is 8.49 Å². The van der Waals surface area contributed by atoms with Crippen molar-refractivity contribution in [1.82, 2.24) is 0 Å². The van der Waals surface area contributed by atoms with Crippen LogP contribution < -0.4 is 14.8 Å². The maximum absolute atomic E-state index is 11.8. The molecule has 0 saturated heterocycles. The lowest BCUT2D eigenvalue weighted by molar-refractivity contribution is -0.384. The van der Waals surface area contributed by atoms with Gasteiger partial charge in [0.25, 0.3) is 5.69 Å². The number of carbonyl (C=O) groups excluding carboxylic acids is 1. The normalized spacial score (nSPS) is 13.0. The number of amides is 1. The van der Waals surface area contributed by atoms with Gasteiger partial charge in [-0.05, 0) is 43.4 Å². The summed E-state index contributed by atoms with van der Waals surface area (Å²) in [5.74, 6) is 0.506. The van der Waals surface area contributed by atoms with Crippen molar-refractivity contribution < 1.29 is 23.9 Å². The first-order valence-electron chi connectivity index (χ1n) is 5.95. The first kappa shape index (κ1) is 15.6. The minimum Gasteiger partial charge on any atom is -0.452 e. The SMILES string of the molecule is CC(C)(C)OC(=O)Nc1c([N+](=O)[O-])cc(I)c2c1OCO2. The summed E-state index contributed by atoms with van der Waals surface area (Å²) in [5, 5.41) is 13.5. The van der Waals surface area contributed by atoms with Gasteiger partial charge in [0, 0.05) is 6.07 Å². The molecule has 0 atom stereocenters. The topological polar surface area (TPSA) is 99.9 Å². The second-order valence-electron chi connectivity index (χ2n) is 5.20. The molecule has 1 heterocycles. The van der Waals surface area contributed by atoms with Gasteiger partial charge < -0.3 is 14.2 Å². The average Bonchev–Trinajstić information content (AvgIpc) is 2.79. The Labute approximate surface area is 134 Å². The Morgan fingerprint density at radius 1 is 1.43 bits per heavy atom. The monoisotopic (exact) mass is 408 g/mol. The molecule has 1 amide bonds. The summed E-state index contributed by atoms with van der Waals surface area (Å²) in [6.07, 6.45) is -0.801. The van der Waals surface area contributed by atoms with E-state index in [0.29, 0.717) is 9.32 Å². The van der Waals surface area contributed by atoms with Crippen LogP contribution in [0.25, 0.3) is 0 Å². The molecular weight excluding hydrogens is 395 g/mol. The number of hydrogen-bond acceptors (Lipinski definition) is 6. The Morgan fingerprint density at radius 2 is 2.05 bits per heavy atom. The molecule has 8 nitrogen and oxygen atoms in total. The molecule has 21 heavy (non-hydrogen) atoms. The van der Waals surface area contributed by atoms with Crippen LogP contribution in [-0.4, -0.2) is 23.4 Å². The smallest absolute Gasteiger partial charge is 0.412 e. The van der Waals surface area contributed by atoms with Gasteiger partial charge in [-0.25, -0.2) is 4.79 Å². The molecule has 1 aliphatic rings. The number of nitro benzene ring substituents is 1. The van der Waals surface area contributed by atoms with Gasteiger partial charge in [-0.3, -0.25) is 15.4 Å². The second kappa shape index (κ2) is 5.54. The molecule has 1 N–H and O–H groups in total. The summed E-state index contributed by atoms with van der Waals surface area (Å²) >= 11 is 1.90. The van der Waals surface area contributed by atoms with Crippen molar-refractivity contribution in [1.29, 1.82) is 0 Å². The van der Waals surface area contributed by atoms with Crippen LogP contribution in [0, 0.1) is 13.7 Å². The molecule has 2 rings (SSSR count). The molecular formula is C12H13IN2O6. The molecule has 0 aliphatic carbocycles. The number of carbonyl (C=O) groups is 1. The standard InChI is InChI=1S/C12H13IN2O6/c1-12(2,3)21-11(16)14-8-7(15(17)18)4-6(13)9-10(8)20-5-19-9/h4H,5H2,1-3H3,(H,14,16). The van der Waals surface area contributed by atoms with E-state index in [2.05, 4.69) is 5.32 Å². The van der Waals surface area contributed by atoms with Crippen molar-refractivity contribution in [3.05, 3.63) is 19.8 Å². The molecule has 0 radical (unpaired) electrons. The number of fused-ring (bicyclic) bond motifs is 1. The van der Waals surface area contributed by atoms with Crippen molar-refractivity contribution in [2.24, 2.45) is 0 Å². The van der Waals surface area contributed by atoms with Crippen molar-refractivity contribution in [2.75, 3.05) is 12.1 Å². The molecule has 1 aromatic rings. The zero-order chi connectivity index (χ0) is 15.8. The van der Waals surface area contributed by atoms with Crippen molar-refractivity contribution in [3.63, 3.8) is 0 Å². The minimum atomic E-state index is -0.801. The highest BCUT2D eigenvalue weighted by Crippen LogP contribution is 2.47. The first-order chi connectivity index (χ1) is 9.69. The zero-order valence-corrected chi connectivity index (χ0v) is 13.7. The lowest BCUT2D eigenvalue weighted by atomic mass is 10.2. The maximum Gasteiger partial charge on any atom is 0.412 e. The Hall–Kier alpha value is -1.78. The Bertz CT molecular complexity index is 611. The van der Waals surface area contributed by atoms with E-state index in [-0.39, 0.29) is 23.9 Å². The van der Waals surface area contributed by atoms with Gasteiger partial charge in [-0.2, -0.15) is 0 Å². The molecule has 114 valence electrons. The van der Waals surface area contributed by atoms with Crippen LogP contribution in [-0.2, 0) is 4.74 Å². The number of ether oxygens (including phenoxy) is 3. The van der Waals surface area contributed by atoms with E-state index in [4.69, 9.17) is 14.2 Å². The largest absolute Gasteiger partial charge is 0.452 e. The highest BCUT2D eigenvalue weighted by molar-refractivity contribution is 14.1.